The van der Waals surface area contributed by atoms with E-state index in [1.807, 2.05) is 36.4 Å². The van der Waals surface area contributed by atoms with Gasteiger partial charge in [0.2, 0.25) is 0 Å². The summed E-state index contributed by atoms with van der Waals surface area (Å²) in [6.07, 6.45) is 0. The van der Waals surface area contributed by atoms with Crippen molar-refractivity contribution in [3.8, 4) is 5.75 Å². The van der Waals surface area contributed by atoms with Gasteiger partial charge in [0, 0.05) is 5.39 Å². The van der Waals surface area contributed by atoms with Crippen LogP contribution in [0.25, 0.3) is 10.8 Å². The third-order valence-corrected chi connectivity index (χ3v) is 1.77. The van der Waals surface area contributed by atoms with Gasteiger partial charge in [-0.3, -0.25) is 0 Å². The van der Waals surface area contributed by atoms with E-state index in [0.717, 1.165) is 10.8 Å². The van der Waals surface area contributed by atoms with Gasteiger partial charge in [0.05, 0.1) is 0 Å². The van der Waals surface area contributed by atoms with Crippen molar-refractivity contribution >= 4 is 10.8 Å². The van der Waals surface area contributed by atoms with Crippen LogP contribution in [-0.2, 0) is 0 Å². The van der Waals surface area contributed by atoms with E-state index in [1.165, 1.54) is 0 Å². The first kappa shape index (κ1) is 10.2. The van der Waals surface area contributed by atoms with E-state index in [-0.39, 0.29) is 52.8 Å². The van der Waals surface area contributed by atoms with Crippen molar-refractivity contribution in [2.75, 3.05) is 0 Å². The first-order chi connectivity index (χ1) is 5.38. The fourth-order valence-electron chi connectivity index (χ4n) is 1.21. The van der Waals surface area contributed by atoms with Crippen LogP contribution >= 0.6 is 0 Å². The predicted molar refractivity (Wildman–Crippen MR) is 46.7 cm³/mol. The zero-order chi connectivity index (χ0) is 7.68. The molecule has 2 rings (SSSR count). The van der Waals surface area contributed by atoms with E-state index in [0.29, 0.717) is 5.75 Å². The zero-order valence-electron chi connectivity index (χ0n) is 7.99. The summed E-state index contributed by atoms with van der Waals surface area (Å²) >= 11 is 0. The standard InChI is InChI=1S/C10H8O.K.H/c11-10-7-3-5-8-4-1-2-6-9(8)10;;/h1-7,11H;;/q;+1;-1. The molecule has 1 N–H and O–H groups in total. The van der Waals surface area contributed by atoms with Gasteiger partial charge in [0.1, 0.15) is 5.75 Å². The second kappa shape index (κ2) is 4.39. The molecule has 0 spiro atoms. The Morgan fingerprint density at radius 1 is 0.917 bits per heavy atom. The monoisotopic (exact) mass is 184 g/mol. The molecular formula is C10H9KO. The summed E-state index contributed by atoms with van der Waals surface area (Å²) in [6.45, 7) is 0. The van der Waals surface area contributed by atoms with Gasteiger partial charge in [-0.05, 0) is 11.5 Å². The predicted octanol–water partition coefficient (Wildman–Crippen LogP) is -0.338. The van der Waals surface area contributed by atoms with Crippen LogP contribution in [-0.4, -0.2) is 5.11 Å². The van der Waals surface area contributed by atoms with Crippen LogP contribution in [0.4, 0.5) is 0 Å². The van der Waals surface area contributed by atoms with Gasteiger partial charge in [-0.25, -0.2) is 0 Å². The average Bonchev–Trinajstić information content (AvgIpc) is 2.06. The Balaban J connectivity index is 0.000000720. The van der Waals surface area contributed by atoms with Crippen molar-refractivity contribution in [3.63, 3.8) is 0 Å². The summed E-state index contributed by atoms with van der Waals surface area (Å²) in [5.74, 6) is 0.350. The molecule has 0 fully saturated rings. The summed E-state index contributed by atoms with van der Waals surface area (Å²) in [5.41, 5.74) is 0. The first-order valence-electron chi connectivity index (χ1n) is 3.54. The van der Waals surface area contributed by atoms with E-state index in [1.54, 1.807) is 6.07 Å². The van der Waals surface area contributed by atoms with Crippen LogP contribution < -0.4 is 51.4 Å². The molecule has 0 radical (unpaired) electrons. The molecule has 0 saturated heterocycles. The van der Waals surface area contributed by atoms with Crippen LogP contribution in [0.5, 0.6) is 5.75 Å². The number of aromatic hydroxyl groups is 1. The maximum absolute atomic E-state index is 9.37. The fourth-order valence-corrected chi connectivity index (χ4v) is 1.21. The van der Waals surface area contributed by atoms with Crippen LogP contribution in [0.1, 0.15) is 1.43 Å². The molecule has 2 aromatic rings. The molecule has 0 aliphatic rings. The summed E-state index contributed by atoms with van der Waals surface area (Å²) in [4.78, 5) is 0. The van der Waals surface area contributed by atoms with Gasteiger partial charge in [0.15, 0.2) is 0 Å². The van der Waals surface area contributed by atoms with Crippen LogP contribution in [0, 0.1) is 0 Å². The minimum atomic E-state index is 0. The van der Waals surface area contributed by atoms with E-state index in [9.17, 15) is 5.11 Å². The van der Waals surface area contributed by atoms with Gasteiger partial charge in [-0.15, -0.1) is 0 Å². The average molecular weight is 184 g/mol. The Morgan fingerprint density at radius 3 is 2.33 bits per heavy atom. The molecule has 2 heteroatoms. The van der Waals surface area contributed by atoms with E-state index in [4.69, 9.17) is 0 Å². The van der Waals surface area contributed by atoms with E-state index < -0.39 is 0 Å². The second-order valence-corrected chi connectivity index (χ2v) is 2.50. The van der Waals surface area contributed by atoms with Crippen LogP contribution in [0.15, 0.2) is 42.5 Å². The molecule has 0 aliphatic heterocycles. The van der Waals surface area contributed by atoms with Gasteiger partial charge in [-0.1, -0.05) is 36.4 Å². The molecule has 0 atom stereocenters. The van der Waals surface area contributed by atoms with E-state index in [2.05, 4.69) is 0 Å². The Labute approximate surface area is 115 Å². The van der Waals surface area contributed by atoms with Gasteiger partial charge >= 0.3 is 51.4 Å². The number of hydrogen-bond donors (Lipinski definition) is 1. The van der Waals surface area contributed by atoms with E-state index >= 15 is 0 Å². The smallest absolute Gasteiger partial charge is 1.00 e. The molecule has 0 aromatic heterocycles. The van der Waals surface area contributed by atoms with Gasteiger partial charge in [-0.2, -0.15) is 0 Å². The molecule has 0 saturated carbocycles. The van der Waals surface area contributed by atoms with Crippen molar-refractivity contribution in [2.45, 2.75) is 0 Å². The first-order valence-corrected chi connectivity index (χ1v) is 3.54. The minimum absolute atomic E-state index is 0. The molecule has 56 valence electrons. The van der Waals surface area contributed by atoms with Crippen molar-refractivity contribution in [2.24, 2.45) is 0 Å². The molecule has 0 unspecified atom stereocenters. The summed E-state index contributed by atoms with van der Waals surface area (Å²) in [7, 11) is 0. The molecular weight excluding hydrogens is 175 g/mol. The number of benzene rings is 2. The number of hydrogen-bond acceptors (Lipinski definition) is 1. The molecule has 0 aliphatic carbocycles. The molecule has 2 aromatic carbocycles. The summed E-state index contributed by atoms with van der Waals surface area (Å²) in [5, 5.41) is 11.4. The molecule has 1 nitrogen and oxygen atoms in total. The normalized spacial score (nSPS) is 9.33. The van der Waals surface area contributed by atoms with Crippen molar-refractivity contribution in [1.82, 2.24) is 0 Å². The largest absolute Gasteiger partial charge is 1.00 e. The third kappa shape index (κ3) is 1.89. The number of phenols is 1. The minimum Gasteiger partial charge on any atom is -1.00 e. The maximum Gasteiger partial charge on any atom is 1.00 e. The van der Waals surface area contributed by atoms with Gasteiger partial charge < -0.3 is 6.53 Å². The number of phenolic OH excluding ortho intramolecular Hbond substituents is 1. The van der Waals surface area contributed by atoms with Crippen LogP contribution in [0.2, 0.25) is 0 Å². The maximum atomic E-state index is 9.37. The third-order valence-electron chi connectivity index (χ3n) is 1.77. The topological polar surface area (TPSA) is 20.2 Å². The second-order valence-electron chi connectivity index (χ2n) is 2.50. The summed E-state index contributed by atoms with van der Waals surface area (Å²) < 4.78 is 0. The van der Waals surface area contributed by atoms with Crippen LogP contribution in [0.3, 0.4) is 0 Å². The van der Waals surface area contributed by atoms with Crippen molar-refractivity contribution < 1.29 is 57.9 Å². The Kier molecular flexibility index (Phi) is 3.74. The summed E-state index contributed by atoms with van der Waals surface area (Å²) in [6, 6.07) is 13.3. The molecule has 0 amide bonds. The van der Waals surface area contributed by atoms with Crippen molar-refractivity contribution in [1.29, 1.82) is 0 Å². The zero-order valence-corrected chi connectivity index (χ0v) is 10.1. The quantitative estimate of drug-likeness (QED) is 0.556. The molecule has 0 heterocycles. The SMILES string of the molecule is Oc1cccc2ccccc12.[H-].[K+]. The Morgan fingerprint density at radius 2 is 1.58 bits per heavy atom. The Hall–Kier alpha value is 0.136. The number of rotatable bonds is 0. The molecule has 0 bridgehead atoms. The molecule has 12 heavy (non-hydrogen) atoms. The van der Waals surface area contributed by atoms with Crippen molar-refractivity contribution in [3.05, 3.63) is 42.5 Å². The Bertz CT molecular complexity index is 384. The van der Waals surface area contributed by atoms with Gasteiger partial charge in [0.25, 0.3) is 0 Å². The fraction of sp³-hybridized carbons (Fsp3) is 0. The number of fused-ring (bicyclic) bond motifs is 1.